The summed E-state index contributed by atoms with van der Waals surface area (Å²) in [6, 6.07) is 24.2. The third kappa shape index (κ3) is 7.43. The molecule has 0 fully saturated rings. The smallest absolute Gasteiger partial charge is 0.335 e. The topological polar surface area (TPSA) is 168 Å². The molecular formula is C28H20O10. The van der Waals surface area contributed by atoms with Crippen molar-refractivity contribution in [1.29, 1.82) is 0 Å². The highest BCUT2D eigenvalue weighted by Gasteiger charge is 2.11. The number of ether oxygens (including phenoxy) is 2. The Bertz CT molecular complexity index is 1380. The van der Waals surface area contributed by atoms with Crippen LogP contribution in [0.5, 0.6) is 23.0 Å². The van der Waals surface area contributed by atoms with E-state index in [1.165, 1.54) is 42.5 Å². The zero-order valence-corrected chi connectivity index (χ0v) is 19.5. The number of rotatable bonds is 8. The van der Waals surface area contributed by atoms with Gasteiger partial charge >= 0.3 is 23.9 Å². The van der Waals surface area contributed by atoms with Crippen molar-refractivity contribution in [2.45, 2.75) is 0 Å². The van der Waals surface area contributed by atoms with Crippen LogP contribution >= 0.6 is 0 Å². The maximum absolute atomic E-state index is 11.1. The van der Waals surface area contributed by atoms with Crippen LogP contribution in [0.4, 0.5) is 0 Å². The Hall–Kier alpha value is -5.64. The van der Waals surface area contributed by atoms with Gasteiger partial charge in [0.15, 0.2) is 11.5 Å². The van der Waals surface area contributed by atoms with Crippen LogP contribution in [0.3, 0.4) is 0 Å². The Morgan fingerprint density at radius 2 is 0.737 bits per heavy atom. The van der Waals surface area contributed by atoms with Gasteiger partial charge < -0.3 is 29.9 Å². The summed E-state index contributed by atoms with van der Waals surface area (Å²) in [7, 11) is 0. The Morgan fingerprint density at radius 3 is 1.08 bits per heavy atom. The molecule has 0 unspecified atom stereocenters. The van der Waals surface area contributed by atoms with Crippen LogP contribution in [0.15, 0.2) is 97.1 Å². The van der Waals surface area contributed by atoms with E-state index in [4.69, 9.17) is 29.9 Å². The molecule has 10 heteroatoms. The van der Waals surface area contributed by atoms with Crippen molar-refractivity contribution in [2.24, 2.45) is 0 Å². The number of benzene rings is 4. The third-order valence-electron chi connectivity index (χ3n) is 4.82. The summed E-state index contributed by atoms with van der Waals surface area (Å²) in [5.41, 5.74) is 0.176. The predicted octanol–water partition coefficient (Wildman–Crippen LogP) is 5.75. The van der Waals surface area contributed by atoms with Crippen LogP contribution in [0.25, 0.3) is 0 Å². The fourth-order valence-electron chi connectivity index (χ4n) is 3.04. The first-order valence-electron chi connectivity index (χ1n) is 10.8. The molecule has 4 aromatic carbocycles. The summed E-state index contributed by atoms with van der Waals surface area (Å²) in [4.78, 5) is 42.9. The van der Waals surface area contributed by atoms with E-state index in [0.717, 1.165) is 6.07 Å². The lowest BCUT2D eigenvalue weighted by Crippen LogP contribution is -2.01. The predicted molar refractivity (Wildman–Crippen MR) is 134 cm³/mol. The molecule has 0 aliphatic rings. The highest BCUT2D eigenvalue weighted by atomic mass is 16.5. The highest BCUT2D eigenvalue weighted by Crippen LogP contribution is 2.35. The minimum Gasteiger partial charge on any atom is -0.478 e. The fourth-order valence-corrected chi connectivity index (χ4v) is 3.04. The average molecular weight is 516 g/mol. The van der Waals surface area contributed by atoms with Gasteiger partial charge in [-0.2, -0.15) is 0 Å². The summed E-state index contributed by atoms with van der Waals surface area (Å²) in [5, 5.41) is 35.1. The van der Waals surface area contributed by atoms with Gasteiger partial charge in [0.05, 0.1) is 22.3 Å². The van der Waals surface area contributed by atoms with E-state index < -0.39 is 23.9 Å². The zero-order valence-electron chi connectivity index (χ0n) is 19.5. The van der Waals surface area contributed by atoms with E-state index in [1.54, 1.807) is 48.5 Å². The molecule has 4 N–H and O–H groups in total. The first-order chi connectivity index (χ1) is 18.1. The first-order valence-corrected chi connectivity index (χ1v) is 10.8. The van der Waals surface area contributed by atoms with Gasteiger partial charge in [-0.05, 0) is 66.7 Å². The molecule has 10 nitrogen and oxygen atoms in total. The molecule has 0 radical (unpaired) electrons. The van der Waals surface area contributed by atoms with Crippen molar-refractivity contribution in [3.05, 3.63) is 119 Å². The van der Waals surface area contributed by atoms with Gasteiger partial charge in [-0.3, -0.25) is 0 Å². The maximum atomic E-state index is 11.1. The number of hydrogen-bond donors (Lipinski definition) is 4. The number of carbonyl (C=O) groups is 4. The summed E-state index contributed by atoms with van der Waals surface area (Å²) >= 11 is 0. The lowest BCUT2D eigenvalue weighted by molar-refractivity contribution is 0.0680. The molecule has 4 aromatic rings. The average Bonchev–Trinajstić information content (AvgIpc) is 2.90. The second-order valence-electron chi connectivity index (χ2n) is 7.51. The van der Waals surface area contributed by atoms with Crippen molar-refractivity contribution < 1.29 is 49.1 Å². The van der Waals surface area contributed by atoms with Gasteiger partial charge in [-0.25, -0.2) is 19.2 Å². The summed E-state index contributed by atoms with van der Waals surface area (Å²) in [6.45, 7) is 0. The maximum Gasteiger partial charge on any atom is 0.335 e. The van der Waals surface area contributed by atoms with Crippen molar-refractivity contribution in [2.75, 3.05) is 0 Å². The lowest BCUT2D eigenvalue weighted by Gasteiger charge is -2.12. The molecule has 192 valence electrons. The summed E-state index contributed by atoms with van der Waals surface area (Å²) in [6.07, 6.45) is 0. The molecule has 4 rings (SSSR count). The molecule has 0 saturated heterocycles. The highest BCUT2D eigenvalue weighted by molar-refractivity contribution is 5.93. The molecule has 0 bridgehead atoms. The molecule has 0 aliphatic heterocycles. The van der Waals surface area contributed by atoms with E-state index in [0.29, 0.717) is 23.0 Å². The largest absolute Gasteiger partial charge is 0.478 e. The number of carboxylic acids is 4. The van der Waals surface area contributed by atoms with E-state index in [-0.39, 0.29) is 22.3 Å². The SMILES string of the molecule is O=C(O)c1cccc(C(=O)O)c1.O=C(O)c1cccc(Oc2ccccc2Oc2cccc(C(=O)O)c2)c1. The first kappa shape index (κ1) is 27.0. The van der Waals surface area contributed by atoms with Gasteiger partial charge in [0.1, 0.15) is 11.5 Å². The molecule has 0 heterocycles. The Morgan fingerprint density at radius 1 is 0.421 bits per heavy atom. The molecule has 0 saturated carbocycles. The third-order valence-corrected chi connectivity index (χ3v) is 4.82. The number of hydrogen-bond acceptors (Lipinski definition) is 6. The van der Waals surface area contributed by atoms with Crippen LogP contribution < -0.4 is 9.47 Å². The zero-order chi connectivity index (χ0) is 27.7. The minimum atomic E-state index is -1.13. The number of para-hydroxylation sites is 2. The van der Waals surface area contributed by atoms with E-state index in [1.807, 2.05) is 0 Å². The summed E-state index contributed by atoms with van der Waals surface area (Å²) < 4.78 is 11.5. The van der Waals surface area contributed by atoms with Crippen LogP contribution in [-0.2, 0) is 0 Å². The van der Waals surface area contributed by atoms with Gasteiger partial charge in [-0.15, -0.1) is 0 Å². The van der Waals surface area contributed by atoms with E-state index in [2.05, 4.69) is 0 Å². The summed E-state index contributed by atoms with van der Waals surface area (Å²) in [5.74, 6) is -2.92. The lowest BCUT2D eigenvalue weighted by atomic mass is 10.1. The molecular weight excluding hydrogens is 496 g/mol. The standard InChI is InChI=1S/C20H14O6.C8H6O4/c21-19(22)13-5-3-7-15(11-13)25-17-9-1-2-10-18(17)26-16-8-4-6-14(12-16)20(23)24;9-7(10)5-2-1-3-6(4-5)8(11)12/h1-12H,(H,21,22)(H,23,24);1-4H,(H,9,10)(H,11,12). The van der Waals surface area contributed by atoms with Crippen molar-refractivity contribution >= 4 is 23.9 Å². The molecule has 38 heavy (non-hydrogen) atoms. The van der Waals surface area contributed by atoms with Gasteiger partial charge in [0.2, 0.25) is 0 Å². The molecule has 0 aliphatic carbocycles. The Balaban J connectivity index is 0.000000279. The molecule has 0 atom stereocenters. The molecule has 0 spiro atoms. The second kappa shape index (κ2) is 12.4. The van der Waals surface area contributed by atoms with Crippen molar-refractivity contribution in [3.8, 4) is 23.0 Å². The fraction of sp³-hybridized carbons (Fsp3) is 0. The van der Waals surface area contributed by atoms with Crippen LogP contribution in [0.1, 0.15) is 41.4 Å². The molecule has 0 amide bonds. The quantitative estimate of drug-likeness (QED) is 0.226. The Kier molecular flexibility index (Phi) is 8.77. The van der Waals surface area contributed by atoms with Crippen LogP contribution in [-0.4, -0.2) is 44.3 Å². The van der Waals surface area contributed by atoms with E-state index >= 15 is 0 Å². The van der Waals surface area contributed by atoms with Crippen LogP contribution in [0.2, 0.25) is 0 Å². The normalized spacial score (nSPS) is 9.89. The van der Waals surface area contributed by atoms with Gasteiger partial charge in [-0.1, -0.05) is 30.3 Å². The van der Waals surface area contributed by atoms with E-state index in [9.17, 15) is 19.2 Å². The van der Waals surface area contributed by atoms with Crippen molar-refractivity contribution in [3.63, 3.8) is 0 Å². The number of aromatic carboxylic acids is 4. The monoisotopic (exact) mass is 516 g/mol. The van der Waals surface area contributed by atoms with Gasteiger partial charge in [0.25, 0.3) is 0 Å². The minimum absolute atomic E-state index is 0.0186. The number of carboxylic acid groups (broad SMARTS) is 4. The van der Waals surface area contributed by atoms with Crippen molar-refractivity contribution in [1.82, 2.24) is 0 Å². The van der Waals surface area contributed by atoms with Gasteiger partial charge in [0, 0.05) is 0 Å². The van der Waals surface area contributed by atoms with Crippen LogP contribution in [0, 0.1) is 0 Å². The Labute approximate surface area is 215 Å². The second-order valence-corrected chi connectivity index (χ2v) is 7.51. The molecule has 0 aromatic heterocycles.